The van der Waals surface area contributed by atoms with Gasteiger partial charge >= 0.3 is 0 Å². The minimum atomic E-state index is 0.664. The van der Waals surface area contributed by atoms with Gasteiger partial charge in [-0.05, 0) is 35.9 Å². The molecular weight excluding hydrogens is 214 g/mol. The number of nitrogens with zero attached hydrogens (tertiary/aromatic N) is 5. The molecular formula is C12H13N5. The molecule has 1 aromatic carbocycles. The minimum absolute atomic E-state index is 0.664. The largest absolute Gasteiger partial charge is 0.350 e. The van der Waals surface area contributed by atoms with Gasteiger partial charge in [0, 0.05) is 29.7 Å². The average Bonchev–Trinajstić information content (AvgIpc) is 2.85. The molecule has 0 fully saturated rings. The smallest absolute Gasteiger partial charge is 0.204 e. The van der Waals surface area contributed by atoms with Crippen LogP contribution < -0.4 is 0 Å². The molecule has 86 valence electrons. The summed E-state index contributed by atoms with van der Waals surface area (Å²) in [5.74, 6) is 0.664. The molecule has 0 radical (unpaired) electrons. The lowest BCUT2D eigenvalue weighted by Crippen LogP contribution is -1.91. The van der Waals surface area contributed by atoms with E-state index in [-0.39, 0.29) is 0 Å². The number of hydrogen-bond donors (Lipinski definition) is 0. The second-order valence-corrected chi connectivity index (χ2v) is 4.26. The van der Waals surface area contributed by atoms with Crippen LogP contribution in [-0.4, -0.2) is 24.8 Å². The third-order valence-electron chi connectivity index (χ3n) is 2.96. The molecule has 17 heavy (non-hydrogen) atoms. The molecule has 0 aliphatic rings. The number of aryl methyl sites for hydroxylation is 3. The van der Waals surface area contributed by atoms with Crippen LogP contribution in [0.3, 0.4) is 0 Å². The van der Waals surface area contributed by atoms with E-state index in [1.165, 1.54) is 21.3 Å². The monoisotopic (exact) mass is 227 g/mol. The van der Waals surface area contributed by atoms with Crippen molar-refractivity contribution in [2.45, 2.75) is 6.92 Å². The first kappa shape index (κ1) is 10.0. The van der Waals surface area contributed by atoms with Crippen LogP contribution in [0.5, 0.6) is 0 Å². The van der Waals surface area contributed by atoms with Gasteiger partial charge < -0.3 is 4.57 Å². The highest BCUT2D eigenvalue weighted by Crippen LogP contribution is 2.24. The van der Waals surface area contributed by atoms with Crippen LogP contribution in [0, 0.1) is 6.92 Å². The summed E-state index contributed by atoms with van der Waals surface area (Å²) in [7, 11) is 3.82. The quantitative estimate of drug-likeness (QED) is 0.635. The van der Waals surface area contributed by atoms with Gasteiger partial charge in [-0.15, -0.1) is 10.2 Å². The van der Waals surface area contributed by atoms with Gasteiger partial charge in [-0.1, -0.05) is 0 Å². The number of benzene rings is 1. The van der Waals surface area contributed by atoms with Gasteiger partial charge in [-0.2, -0.15) is 4.80 Å². The highest BCUT2D eigenvalue weighted by atomic mass is 15.6. The molecule has 0 saturated carbocycles. The molecule has 0 bridgehead atoms. The van der Waals surface area contributed by atoms with Crippen molar-refractivity contribution in [3.05, 3.63) is 30.0 Å². The molecule has 5 heteroatoms. The Labute approximate surface area is 98.7 Å². The Morgan fingerprint density at radius 1 is 1.18 bits per heavy atom. The van der Waals surface area contributed by atoms with E-state index in [0.29, 0.717) is 5.82 Å². The van der Waals surface area contributed by atoms with Crippen molar-refractivity contribution in [2.24, 2.45) is 14.1 Å². The van der Waals surface area contributed by atoms with Crippen LogP contribution in [0.4, 0.5) is 0 Å². The predicted octanol–water partition coefficient (Wildman–Crippen LogP) is 1.68. The van der Waals surface area contributed by atoms with E-state index < -0.39 is 0 Å². The SMILES string of the molecule is Cc1cn(C)c2ccc(-c3nnn(C)n3)cc12. The van der Waals surface area contributed by atoms with E-state index in [0.717, 1.165) is 5.56 Å². The fraction of sp³-hybridized carbons (Fsp3) is 0.250. The minimum Gasteiger partial charge on any atom is -0.350 e. The van der Waals surface area contributed by atoms with E-state index in [1.54, 1.807) is 7.05 Å². The van der Waals surface area contributed by atoms with Crippen molar-refractivity contribution < 1.29 is 0 Å². The molecule has 2 heterocycles. The first-order valence-corrected chi connectivity index (χ1v) is 5.45. The Hall–Kier alpha value is -2.17. The molecule has 0 atom stereocenters. The molecule has 3 rings (SSSR count). The number of aromatic nitrogens is 5. The van der Waals surface area contributed by atoms with Crippen molar-refractivity contribution in [2.75, 3.05) is 0 Å². The van der Waals surface area contributed by atoms with Crippen molar-refractivity contribution >= 4 is 10.9 Å². The Bertz CT molecular complexity index is 692. The summed E-state index contributed by atoms with van der Waals surface area (Å²) >= 11 is 0. The van der Waals surface area contributed by atoms with Gasteiger partial charge in [0.2, 0.25) is 5.82 Å². The summed E-state index contributed by atoms with van der Waals surface area (Å²) in [6.07, 6.45) is 2.12. The van der Waals surface area contributed by atoms with Crippen LogP contribution >= 0.6 is 0 Å². The number of rotatable bonds is 1. The van der Waals surface area contributed by atoms with Crippen LogP contribution in [-0.2, 0) is 14.1 Å². The number of hydrogen-bond acceptors (Lipinski definition) is 3. The number of fused-ring (bicyclic) bond motifs is 1. The van der Waals surface area contributed by atoms with Crippen LogP contribution in [0.25, 0.3) is 22.3 Å². The third-order valence-corrected chi connectivity index (χ3v) is 2.96. The molecule has 0 aliphatic carbocycles. The highest BCUT2D eigenvalue weighted by molar-refractivity contribution is 5.87. The summed E-state index contributed by atoms with van der Waals surface area (Å²) < 4.78 is 2.12. The Morgan fingerprint density at radius 2 is 2.00 bits per heavy atom. The van der Waals surface area contributed by atoms with Crippen LogP contribution in [0.2, 0.25) is 0 Å². The zero-order valence-corrected chi connectivity index (χ0v) is 10.0. The summed E-state index contributed by atoms with van der Waals surface area (Å²) in [5.41, 5.74) is 3.48. The predicted molar refractivity (Wildman–Crippen MR) is 65.4 cm³/mol. The van der Waals surface area contributed by atoms with E-state index in [2.05, 4.69) is 52.3 Å². The highest BCUT2D eigenvalue weighted by Gasteiger charge is 2.08. The van der Waals surface area contributed by atoms with Gasteiger partial charge in [0.1, 0.15) is 0 Å². The normalized spacial score (nSPS) is 11.2. The summed E-state index contributed by atoms with van der Waals surface area (Å²) in [6, 6.07) is 6.23. The molecule has 5 nitrogen and oxygen atoms in total. The molecule has 0 amide bonds. The van der Waals surface area contributed by atoms with E-state index >= 15 is 0 Å². The Kier molecular flexibility index (Phi) is 2.01. The van der Waals surface area contributed by atoms with Gasteiger partial charge in [0.25, 0.3) is 0 Å². The molecule has 0 aliphatic heterocycles. The van der Waals surface area contributed by atoms with Gasteiger partial charge in [-0.25, -0.2) is 0 Å². The zero-order chi connectivity index (χ0) is 12.0. The van der Waals surface area contributed by atoms with Crippen LogP contribution in [0.15, 0.2) is 24.4 Å². The lowest BCUT2D eigenvalue weighted by molar-refractivity contribution is 0.630. The van der Waals surface area contributed by atoms with Crippen molar-refractivity contribution in [3.63, 3.8) is 0 Å². The van der Waals surface area contributed by atoms with E-state index in [1.807, 2.05) is 6.07 Å². The molecule has 0 unspecified atom stereocenters. The maximum atomic E-state index is 4.21. The van der Waals surface area contributed by atoms with Crippen molar-refractivity contribution in [3.8, 4) is 11.4 Å². The first-order valence-electron chi connectivity index (χ1n) is 5.45. The molecule has 0 spiro atoms. The first-order chi connectivity index (χ1) is 8.15. The van der Waals surface area contributed by atoms with E-state index in [4.69, 9.17) is 0 Å². The lowest BCUT2D eigenvalue weighted by Gasteiger charge is -1.98. The standard InChI is InChI=1S/C12H13N5/c1-8-7-16(2)11-5-4-9(6-10(8)11)12-13-15-17(3)14-12/h4-7H,1-3H3. The molecule has 3 aromatic rings. The topological polar surface area (TPSA) is 48.5 Å². The second kappa shape index (κ2) is 3.41. The molecule has 0 N–H and O–H groups in total. The van der Waals surface area contributed by atoms with Crippen molar-refractivity contribution in [1.82, 2.24) is 24.8 Å². The average molecular weight is 227 g/mol. The third kappa shape index (κ3) is 1.51. The summed E-state index contributed by atoms with van der Waals surface area (Å²) in [4.78, 5) is 1.47. The lowest BCUT2D eigenvalue weighted by atomic mass is 10.1. The maximum absolute atomic E-state index is 4.21. The molecule has 0 saturated heterocycles. The fourth-order valence-corrected chi connectivity index (χ4v) is 2.13. The van der Waals surface area contributed by atoms with Crippen molar-refractivity contribution in [1.29, 1.82) is 0 Å². The van der Waals surface area contributed by atoms with Gasteiger partial charge in [0.05, 0.1) is 7.05 Å². The summed E-state index contributed by atoms with van der Waals surface area (Å²) in [6.45, 7) is 2.11. The summed E-state index contributed by atoms with van der Waals surface area (Å²) in [5, 5.41) is 13.3. The second-order valence-electron chi connectivity index (χ2n) is 4.26. The zero-order valence-electron chi connectivity index (χ0n) is 10.0. The van der Waals surface area contributed by atoms with Gasteiger partial charge in [0.15, 0.2) is 0 Å². The Morgan fingerprint density at radius 3 is 2.71 bits per heavy atom. The fourth-order valence-electron chi connectivity index (χ4n) is 2.13. The number of tetrazole rings is 1. The van der Waals surface area contributed by atoms with Crippen LogP contribution in [0.1, 0.15) is 5.56 Å². The Balaban J connectivity index is 2.22. The maximum Gasteiger partial charge on any atom is 0.204 e. The van der Waals surface area contributed by atoms with Gasteiger partial charge in [-0.3, -0.25) is 0 Å². The van der Waals surface area contributed by atoms with E-state index in [9.17, 15) is 0 Å². The molecule has 2 aromatic heterocycles.